The number of nitrogens with zero attached hydrogens (tertiary/aromatic N) is 3. The van der Waals surface area contributed by atoms with E-state index in [0.717, 1.165) is 82.3 Å². The van der Waals surface area contributed by atoms with Crippen LogP contribution < -0.4 is 5.56 Å². The molecule has 0 atom stereocenters. The van der Waals surface area contributed by atoms with Gasteiger partial charge in [-0.1, -0.05) is 133 Å². The number of rotatable bonds is 3. The third-order valence-corrected chi connectivity index (χ3v) is 12.4. The minimum atomic E-state index is 0.0159. The summed E-state index contributed by atoms with van der Waals surface area (Å²) in [5, 5.41) is 12.2. The third kappa shape index (κ3) is 3.98. The summed E-state index contributed by atoms with van der Waals surface area (Å²) in [6, 6.07) is 67.1. The van der Waals surface area contributed by atoms with Crippen LogP contribution in [-0.2, 0) is 0 Å². The monoisotopic (exact) mass is 725 g/mol. The van der Waals surface area contributed by atoms with Gasteiger partial charge in [-0.25, -0.2) is 0 Å². The van der Waals surface area contributed by atoms with E-state index in [9.17, 15) is 4.79 Å². The van der Waals surface area contributed by atoms with Gasteiger partial charge in [-0.15, -0.1) is 0 Å². The quantitative estimate of drug-likeness (QED) is 0.167. The van der Waals surface area contributed by atoms with Gasteiger partial charge in [0.1, 0.15) is 0 Å². The highest BCUT2D eigenvalue weighted by atomic mass is 16.1. The van der Waals surface area contributed by atoms with E-state index in [1.807, 2.05) is 22.6 Å². The molecule has 0 unspecified atom stereocenters. The number of hydrogen-bond donors (Lipinski definition) is 0. The average molecular weight is 726 g/mol. The second kappa shape index (κ2) is 11.2. The summed E-state index contributed by atoms with van der Waals surface area (Å²) in [7, 11) is 0. The largest absolute Gasteiger partial charge is 0.309 e. The second-order valence-electron chi connectivity index (χ2n) is 15.2. The van der Waals surface area contributed by atoms with Crippen LogP contribution in [0.2, 0.25) is 0 Å². The normalized spacial score (nSPS) is 12.3. The van der Waals surface area contributed by atoms with Crippen LogP contribution in [0.4, 0.5) is 0 Å². The van der Waals surface area contributed by atoms with E-state index in [1.54, 1.807) is 0 Å². The van der Waals surface area contributed by atoms with Crippen molar-refractivity contribution >= 4 is 92.3 Å². The van der Waals surface area contributed by atoms with Gasteiger partial charge in [0, 0.05) is 59.5 Å². The van der Waals surface area contributed by atoms with Crippen LogP contribution in [0.3, 0.4) is 0 Å². The molecule has 264 valence electrons. The summed E-state index contributed by atoms with van der Waals surface area (Å²) < 4.78 is 6.77. The van der Waals surface area contributed by atoms with Gasteiger partial charge in [0.15, 0.2) is 0 Å². The molecule has 0 aliphatic rings. The zero-order valence-corrected chi connectivity index (χ0v) is 30.6. The molecular weight excluding hydrogens is 695 g/mol. The Kier molecular flexibility index (Phi) is 6.01. The maximum atomic E-state index is 14.5. The summed E-state index contributed by atoms with van der Waals surface area (Å²) >= 11 is 0. The Hall–Kier alpha value is -7.69. The smallest absolute Gasteiger partial charge is 0.263 e. The molecular formula is C53H31N3O. The van der Waals surface area contributed by atoms with Crippen LogP contribution in [0.1, 0.15) is 0 Å². The van der Waals surface area contributed by atoms with Crippen molar-refractivity contribution in [3.05, 3.63) is 198 Å². The molecule has 4 heterocycles. The van der Waals surface area contributed by atoms with Crippen LogP contribution in [0, 0.1) is 0 Å². The summed E-state index contributed by atoms with van der Waals surface area (Å²) in [5.74, 6) is 0. The maximum absolute atomic E-state index is 14.5. The molecule has 0 spiro atoms. The molecule has 9 aromatic carbocycles. The lowest BCUT2D eigenvalue weighted by Crippen LogP contribution is -2.13. The fourth-order valence-corrected chi connectivity index (χ4v) is 10.1. The Morgan fingerprint density at radius 3 is 1.61 bits per heavy atom. The van der Waals surface area contributed by atoms with Crippen molar-refractivity contribution in [2.75, 3.05) is 0 Å². The summed E-state index contributed by atoms with van der Waals surface area (Å²) in [5.41, 5.74) is 11.0. The maximum Gasteiger partial charge on any atom is 0.263 e. The zero-order chi connectivity index (χ0) is 37.4. The average Bonchev–Trinajstić information content (AvgIpc) is 3.90. The molecule has 13 rings (SSSR count). The molecule has 0 aliphatic carbocycles. The first-order valence-corrected chi connectivity index (χ1v) is 19.5. The van der Waals surface area contributed by atoms with E-state index in [2.05, 4.69) is 179 Å². The number of benzene rings is 9. The standard InChI is InChI=1S/C53H31N3O/c57-53-42-24-12-21-39(51(42)41-23-13-22-40-36-18-6-11-27-47(36)56(53)52(40)41)34-28-29-48(35-17-5-4-16-33(34)35)55-46-26-10-8-20-38(46)44-30-43-37-19-7-9-25-45(37)54(49(43)31-50(44)55)32-14-2-1-3-15-32/h1-31H. The van der Waals surface area contributed by atoms with Crippen molar-refractivity contribution in [3.63, 3.8) is 0 Å². The molecule has 0 amide bonds. The topological polar surface area (TPSA) is 31.3 Å². The Morgan fingerprint density at radius 1 is 0.316 bits per heavy atom. The molecule has 0 bridgehead atoms. The second-order valence-corrected chi connectivity index (χ2v) is 15.2. The van der Waals surface area contributed by atoms with Crippen molar-refractivity contribution in [2.24, 2.45) is 0 Å². The Labute approximate surface area is 325 Å². The zero-order valence-electron chi connectivity index (χ0n) is 30.6. The van der Waals surface area contributed by atoms with Crippen molar-refractivity contribution in [3.8, 4) is 22.5 Å². The first-order chi connectivity index (χ1) is 28.2. The van der Waals surface area contributed by atoms with Crippen LogP contribution >= 0.6 is 0 Å². The number of fused-ring (bicyclic) bond motifs is 12. The van der Waals surface area contributed by atoms with Gasteiger partial charge in [-0.05, 0) is 71.1 Å². The van der Waals surface area contributed by atoms with E-state index in [0.29, 0.717) is 0 Å². The summed E-state index contributed by atoms with van der Waals surface area (Å²) in [6.45, 7) is 0. The molecule has 0 fully saturated rings. The van der Waals surface area contributed by atoms with Gasteiger partial charge < -0.3 is 9.13 Å². The van der Waals surface area contributed by atoms with Gasteiger partial charge in [0.2, 0.25) is 0 Å². The van der Waals surface area contributed by atoms with Gasteiger partial charge in [0.05, 0.1) is 38.8 Å². The molecule has 13 aromatic rings. The number of pyridine rings is 1. The fourth-order valence-electron chi connectivity index (χ4n) is 10.1. The van der Waals surface area contributed by atoms with Crippen LogP contribution in [0.15, 0.2) is 193 Å². The van der Waals surface area contributed by atoms with Gasteiger partial charge in [-0.3, -0.25) is 9.20 Å². The van der Waals surface area contributed by atoms with E-state index < -0.39 is 0 Å². The minimum Gasteiger partial charge on any atom is -0.309 e. The lowest BCUT2D eigenvalue weighted by atomic mass is 9.91. The van der Waals surface area contributed by atoms with Gasteiger partial charge in [0.25, 0.3) is 5.56 Å². The molecule has 0 saturated carbocycles. The number of hydrogen-bond acceptors (Lipinski definition) is 1. The minimum absolute atomic E-state index is 0.0159. The van der Waals surface area contributed by atoms with Crippen molar-refractivity contribution in [1.82, 2.24) is 13.5 Å². The predicted molar refractivity (Wildman–Crippen MR) is 239 cm³/mol. The lowest BCUT2D eigenvalue weighted by molar-refractivity contribution is 1.17. The molecule has 0 N–H and O–H groups in total. The molecule has 0 radical (unpaired) electrons. The summed E-state index contributed by atoms with van der Waals surface area (Å²) in [4.78, 5) is 14.5. The first-order valence-electron chi connectivity index (χ1n) is 19.5. The number of aromatic nitrogens is 3. The highest BCUT2D eigenvalue weighted by molar-refractivity contribution is 6.24. The SMILES string of the molecule is O=c1c2cccc(-c3ccc(-n4c5ccccc5c5cc6c7ccccc7n(-c7ccccc7)c6cc54)c4ccccc34)c2c2cccc3c4ccccc4n1c32. The molecule has 0 saturated heterocycles. The Morgan fingerprint density at radius 2 is 0.860 bits per heavy atom. The fraction of sp³-hybridized carbons (Fsp3) is 0. The van der Waals surface area contributed by atoms with Crippen molar-refractivity contribution < 1.29 is 0 Å². The molecule has 4 heteroatoms. The van der Waals surface area contributed by atoms with Crippen LogP contribution in [0.25, 0.3) is 115 Å². The van der Waals surface area contributed by atoms with Crippen molar-refractivity contribution in [1.29, 1.82) is 0 Å². The van der Waals surface area contributed by atoms with Gasteiger partial charge in [-0.2, -0.15) is 0 Å². The molecule has 4 nitrogen and oxygen atoms in total. The van der Waals surface area contributed by atoms with Gasteiger partial charge >= 0.3 is 0 Å². The first kappa shape index (κ1) is 30.6. The highest BCUT2D eigenvalue weighted by Gasteiger charge is 2.22. The van der Waals surface area contributed by atoms with E-state index in [-0.39, 0.29) is 5.56 Å². The van der Waals surface area contributed by atoms with E-state index in [4.69, 9.17) is 0 Å². The van der Waals surface area contributed by atoms with Crippen molar-refractivity contribution in [2.45, 2.75) is 0 Å². The lowest BCUT2D eigenvalue weighted by Gasteiger charge is -2.17. The van der Waals surface area contributed by atoms with Crippen LogP contribution in [-0.4, -0.2) is 13.5 Å². The van der Waals surface area contributed by atoms with E-state index in [1.165, 1.54) is 32.6 Å². The van der Waals surface area contributed by atoms with Crippen LogP contribution in [0.5, 0.6) is 0 Å². The number of para-hydroxylation sites is 5. The van der Waals surface area contributed by atoms with E-state index >= 15 is 0 Å². The molecule has 0 aliphatic heterocycles. The molecule has 4 aromatic heterocycles. The Bertz CT molecular complexity index is 3890. The highest BCUT2D eigenvalue weighted by Crippen LogP contribution is 2.44. The predicted octanol–water partition coefficient (Wildman–Crippen LogP) is 13.2. The Balaban J connectivity index is 1.12. The summed E-state index contributed by atoms with van der Waals surface area (Å²) in [6.07, 6.45) is 0. The molecule has 57 heavy (non-hydrogen) atoms. The third-order valence-electron chi connectivity index (χ3n) is 12.4.